The van der Waals surface area contributed by atoms with Gasteiger partial charge in [-0.25, -0.2) is 0 Å². The Kier molecular flexibility index (Phi) is 1.43. The summed E-state index contributed by atoms with van der Waals surface area (Å²) in [7, 11) is 0. The Labute approximate surface area is 69.9 Å². The van der Waals surface area contributed by atoms with Gasteiger partial charge in [-0.2, -0.15) is 0 Å². The highest BCUT2D eigenvalue weighted by Crippen LogP contribution is 2.16. The topological polar surface area (TPSA) is 92.2 Å². The van der Waals surface area contributed by atoms with Gasteiger partial charge in [0.15, 0.2) is 5.96 Å². The number of H-pyrrole nitrogens is 1. The van der Waals surface area contributed by atoms with Crippen molar-refractivity contribution >= 4 is 11.8 Å². The van der Waals surface area contributed by atoms with E-state index in [0.29, 0.717) is 18.3 Å². The zero-order chi connectivity index (χ0) is 8.55. The number of rotatable bonds is 1. The van der Waals surface area contributed by atoms with Gasteiger partial charge in [0.25, 0.3) is 0 Å². The molecule has 5 heteroatoms. The molecule has 5 nitrogen and oxygen atoms in total. The van der Waals surface area contributed by atoms with Crippen molar-refractivity contribution in [1.82, 2.24) is 10.3 Å². The van der Waals surface area contributed by atoms with Crippen molar-refractivity contribution in [3.63, 3.8) is 0 Å². The van der Waals surface area contributed by atoms with E-state index in [9.17, 15) is 0 Å². The second-order valence-corrected chi connectivity index (χ2v) is 2.79. The summed E-state index contributed by atoms with van der Waals surface area (Å²) < 4.78 is 0. The van der Waals surface area contributed by atoms with Crippen molar-refractivity contribution < 1.29 is 0 Å². The third kappa shape index (κ3) is 1.09. The van der Waals surface area contributed by atoms with E-state index in [1.165, 1.54) is 0 Å². The summed E-state index contributed by atoms with van der Waals surface area (Å²) in [5.74, 6) is 1.16. The van der Waals surface area contributed by atoms with E-state index in [-0.39, 0.29) is 6.04 Å². The van der Waals surface area contributed by atoms with Crippen LogP contribution >= 0.6 is 0 Å². The van der Waals surface area contributed by atoms with Crippen molar-refractivity contribution in [1.29, 1.82) is 0 Å². The van der Waals surface area contributed by atoms with E-state index in [2.05, 4.69) is 15.3 Å². The SMILES string of the molecule is NC1=NCC(c2ccc(N)[nH]2)N1. The molecule has 0 saturated carbocycles. The fourth-order valence-electron chi connectivity index (χ4n) is 1.27. The maximum atomic E-state index is 5.53. The molecule has 0 fully saturated rings. The molecule has 1 unspecified atom stereocenters. The average Bonchev–Trinajstić information content (AvgIpc) is 2.58. The van der Waals surface area contributed by atoms with E-state index in [0.717, 1.165) is 5.69 Å². The Hall–Kier alpha value is -1.65. The van der Waals surface area contributed by atoms with Gasteiger partial charge in [0, 0.05) is 5.69 Å². The molecule has 2 rings (SSSR count). The number of aromatic amines is 1. The van der Waals surface area contributed by atoms with Gasteiger partial charge in [0.1, 0.15) is 5.82 Å². The molecular weight excluding hydrogens is 154 g/mol. The molecule has 64 valence electrons. The Morgan fingerprint density at radius 1 is 1.42 bits per heavy atom. The molecule has 0 amide bonds. The number of nitrogens with two attached hydrogens (primary N) is 2. The van der Waals surface area contributed by atoms with E-state index in [4.69, 9.17) is 11.5 Å². The standard InChI is InChI=1S/C7H11N5/c8-6-2-1-4(11-6)5-3-10-7(9)12-5/h1-2,5,11H,3,8H2,(H3,9,10,12). The number of anilines is 1. The first-order valence-electron chi connectivity index (χ1n) is 3.76. The predicted octanol–water partition coefficient (Wildman–Crippen LogP) is -0.444. The first kappa shape index (κ1) is 7.02. The van der Waals surface area contributed by atoms with Gasteiger partial charge in [0.2, 0.25) is 0 Å². The molecule has 2 heterocycles. The van der Waals surface area contributed by atoms with Gasteiger partial charge >= 0.3 is 0 Å². The molecule has 0 aromatic carbocycles. The van der Waals surface area contributed by atoms with Gasteiger partial charge in [-0.15, -0.1) is 0 Å². The van der Waals surface area contributed by atoms with Crippen LogP contribution in [0, 0.1) is 0 Å². The number of aliphatic imine (C=N–C) groups is 1. The van der Waals surface area contributed by atoms with Crippen LogP contribution in [0.5, 0.6) is 0 Å². The van der Waals surface area contributed by atoms with Crippen LogP contribution in [0.4, 0.5) is 5.82 Å². The first-order chi connectivity index (χ1) is 5.75. The van der Waals surface area contributed by atoms with Crippen LogP contribution in [0.15, 0.2) is 17.1 Å². The van der Waals surface area contributed by atoms with Gasteiger partial charge in [-0.3, -0.25) is 4.99 Å². The Morgan fingerprint density at radius 3 is 2.75 bits per heavy atom. The maximum absolute atomic E-state index is 5.53. The lowest BCUT2D eigenvalue weighted by atomic mass is 10.2. The fourth-order valence-corrected chi connectivity index (χ4v) is 1.27. The molecule has 0 spiro atoms. The molecule has 6 N–H and O–H groups in total. The second kappa shape index (κ2) is 2.44. The summed E-state index contributed by atoms with van der Waals surface area (Å²) in [5, 5.41) is 3.02. The first-order valence-corrected chi connectivity index (χ1v) is 3.76. The lowest BCUT2D eigenvalue weighted by molar-refractivity contribution is 0.689. The summed E-state index contributed by atoms with van der Waals surface area (Å²) in [6.45, 7) is 0.672. The lowest BCUT2D eigenvalue weighted by Crippen LogP contribution is -2.29. The third-order valence-electron chi connectivity index (χ3n) is 1.87. The predicted molar refractivity (Wildman–Crippen MR) is 47.6 cm³/mol. The Bertz CT molecular complexity index is 313. The molecule has 1 atom stereocenters. The molecule has 1 aromatic rings. The second-order valence-electron chi connectivity index (χ2n) is 2.79. The van der Waals surface area contributed by atoms with Crippen LogP contribution in [0.25, 0.3) is 0 Å². The molecule has 0 radical (unpaired) electrons. The summed E-state index contributed by atoms with van der Waals surface area (Å²) in [6.07, 6.45) is 0. The minimum Gasteiger partial charge on any atom is -0.385 e. The van der Waals surface area contributed by atoms with E-state index in [1.807, 2.05) is 12.1 Å². The summed E-state index contributed by atoms with van der Waals surface area (Å²) in [6, 6.07) is 3.91. The minimum atomic E-state index is 0.155. The fraction of sp³-hybridized carbons (Fsp3) is 0.286. The number of hydrogen-bond donors (Lipinski definition) is 4. The van der Waals surface area contributed by atoms with Crippen LogP contribution in [0.1, 0.15) is 11.7 Å². The van der Waals surface area contributed by atoms with Gasteiger partial charge in [-0.05, 0) is 12.1 Å². The summed E-state index contributed by atoms with van der Waals surface area (Å²) in [5.41, 5.74) is 12.0. The number of hydrogen-bond acceptors (Lipinski definition) is 4. The summed E-state index contributed by atoms with van der Waals surface area (Å²) >= 11 is 0. The summed E-state index contributed by atoms with van der Waals surface area (Å²) in [4.78, 5) is 7.05. The highest BCUT2D eigenvalue weighted by Gasteiger charge is 2.17. The number of guanidine groups is 1. The zero-order valence-electron chi connectivity index (χ0n) is 6.54. The van der Waals surface area contributed by atoms with E-state index >= 15 is 0 Å². The largest absolute Gasteiger partial charge is 0.385 e. The lowest BCUT2D eigenvalue weighted by Gasteiger charge is -2.07. The Balaban J connectivity index is 2.13. The van der Waals surface area contributed by atoms with Gasteiger partial charge in [-0.1, -0.05) is 0 Å². The number of nitrogens with zero attached hydrogens (tertiary/aromatic N) is 1. The maximum Gasteiger partial charge on any atom is 0.189 e. The van der Waals surface area contributed by atoms with E-state index in [1.54, 1.807) is 0 Å². The average molecular weight is 165 g/mol. The third-order valence-corrected chi connectivity index (χ3v) is 1.87. The smallest absolute Gasteiger partial charge is 0.189 e. The molecular formula is C7H11N5. The van der Waals surface area contributed by atoms with Crippen LogP contribution in [-0.4, -0.2) is 17.5 Å². The quantitative estimate of drug-likeness (QED) is 0.454. The molecule has 0 aliphatic carbocycles. The zero-order valence-corrected chi connectivity index (χ0v) is 6.54. The highest BCUT2D eigenvalue weighted by molar-refractivity contribution is 5.80. The monoisotopic (exact) mass is 165 g/mol. The minimum absolute atomic E-state index is 0.155. The highest BCUT2D eigenvalue weighted by atomic mass is 15.2. The van der Waals surface area contributed by atoms with Crippen molar-refractivity contribution in [3.05, 3.63) is 17.8 Å². The normalized spacial score (nSPS) is 22.0. The molecule has 1 aliphatic rings. The number of nitrogen functional groups attached to an aromatic ring is 1. The van der Waals surface area contributed by atoms with Crippen LogP contribution in [0.2, 0.25) is 0 Å². The number of aromatic nitrogens is 1. The molecule has 0 bridgehead atoms. The molecule has 1 aliphatic heterocycles. The van der Waals surface area contributed by atoms with Crippen LogP contribution in [-0.2, 0) is 0 Å². The molecule has 0 saturated heterocycles. The Morgan fingerprint density at radius 2 is 2.25 bits per heavy atom. The molecule has 12 heavy (non-hydrogen) atoms. The van der Waals surface area contributed by atoms with E-state index < -0.39 is 0 Å². The number of nitrogens with one attached hydrogen (secondary N) is 2. The van der Waals surface area contributed by atoms with Crippen molar-refractivity contribution in [2.45, 2.75) is 6.04 Å². The van der Waals surface area contributed by atoms with Crippen molar-refractivity contribution in [3.8, 4) is 0 Å². The van der Waals surface area contributed by atoms with Crippen LogP contribution in [0.3, 0.4) is 0 Å². The van der Waals surface area contributed by atoms with Gasteiger partial charge < -0.3 is 21.8 Å². The van der Waals surface area contributed by atoms with Crippen molar-refractivity contribution in [2.24, 2.45) is 10.7 Å². The van der Waals surface area contributed by atoms with Crippen molar-refractivity contribution in [2.75, 3.05) is 12.3 Å². The van der Waals surface area contributed by atoms with Gasteiger partial charge in [0.05, 0.1) is 12.6 Å². The van der Waals surface area contributed by atoms with Crippen LogP contribution < -0.4 is 16.8 Å². The molecule has 1 aromatic heterocycles.